The topological polar surface area (TPSA) is 125 Å². The van der Waals surface area contributed by atoms with Crippen LogP contribution in [0.3, 0.4) is 0 Å². The van der Waals surface area contributed by atoms with E-state index in [-0.39, 0.29) is 17.6 Å². The lowest BCUT2D eigenvalue weighted by Gasteiger charge is -2.31. The molecule has 0 aliphatic carbocycles. The van der Waals surface area contributed by atoms with E-state index in [2.05, 4.69) is 16.4 Å². The number of hydrogen-bond donors (Lipinski definition) is 3. The molecule has 0 unspecified atom stereocenters. The van der Waals surface area contributed by atoms with Crippen LogP contribution in [0.1, 0.15) is 54.1 Å². The van der Waals surface area contributed by atoms with Crippen molar-refractivity contribution in [1.29, 1.82) is 0 Å². The molecule has 5 rings (SSSR count). The fourth-order valence-electron chi connectivity index (χ4n) is 5.56. The Morgan fingerprint density at radius 2 is 1.79 bits per heavy atom. The summed E-state index contributed by atoms with van der Waals surface area (Å²) < 4.78 is 26.3. The van der Waals surface area contributed by atoms with Crippen LogP contribution in [0.5, 0.6) is 0 Å². The molecule has 2 amide bonds. The molecule has 224 valence electrons. The lowest BCUT2D eigenvalue weighted by Crippen LogP contribution is -2.38. The van der Waals surface area contributed by atoms with E-state index in [0.717, 1.165) is 32.5 Å². The Morgan fingerprint density at radius 3 is 2.47 bits per heavy atom. The maximum atomic E-state index is 12.9. The molecule has 1 saturated heterocycles. The number of thioether (sulfide) groups is 1. The Balaban J connectivity index is 1.37. The monoisotopic (exact) mass is 616 g/mol. The van der Waals surface area contributed by atoms with Gasteiger partial charge >= 0.3 is 0 Å². The molecular weight excluding hydrogens is 581 g/mol. The van der Waals surface area contributed by atoms with E-state index in [1.54, 1.807) is 17.3 Å². The van der Waals surface area contributed by atoms with Crippen molar-refractivity contribution >= 4 is 44.5 Å². The van der Waals surface area contributed by atoms with Crippen molar-refractivity contribution < 1.29 is 18.0 Å². The van der Waals surface area contributed by atoms with Gasteiger partial charge in [0.1, 0.15) is 0 Å². The molecule has 1 aliphatic rings. The summed E-state index contributed by atoms with van der Waals surface area (Å²) in [6, 6.07) is 21.5. The largest absolute Gasteiger partial charge is 0.366 e. The van der Waals surface area contributed by atoms with Crippen LogP contribution in [0.15, 0.2) is 88.8 Å². The van der Waals surface area contributed by atoms with Crippen LogP contribution in [-0.2, 0) is 21.4 Å². The van der Waals surface area contributed by atoms with E-state index in [4.69, 9.17) is 5.73 Å². The van der Waals surface area contributed by atoms with Gasteiger partial charge in [0.05, 0.1) is 21.7 Å². The van der Waals surface area contributed by atoms with Gasteiger partial charge in [0.25, 0.3) is 11.8 Å². The summed E-state index contributed by atoms with van der Waals surface area (Å²) in [5.74, 6) is -0.414. The number of hydrogen-bond acceptors (Lipinski definition) is 5. The first kappa shape index (κ1) is 30.6. The van der Waals surface area contributed by atoms with Crippen LogP contribution in [-0.4, -0.2) is 48.4 Å². The number of aromatic amines is 1. The Morgan fingerprint density at radius 1 is 1.05 bits per heavy atom. The van der Waals surface area contributed by atoms with Crippen LogP contribution in [0, 0.1) is 0 Å². The number of aromatic nitrogens is 1. The number of nitrogens with zero attached hydrogens (tertiary/aromatic N) is 1. The van der Waals surface area contributed by atoms with Crippen LogP contribution < -0.4 is 11.1 Å². The molecule has 4 aromatic rings. The average Bonchev–Trinajstić information content (AvgIpc) is 3.46. The number of nitrogens with one attached hydrogen (secondary N) is 2. The molecule has 1 aliphatic heterocycles. The van der Waals surface area contributed by atoms with Crippen molar-refractivity contribution in [3.8, 4) is 11.1 Å². The predicted octanol–water partition coefficient (Wildman–Crippen LogP) is 5.78. The molecule has 0 saturated carbocycles. The highest BCUT2D eigenvalue weighted by Gasteiger charge is 2.29. The van der Waals surface area contributed by atoms with E-state index < -0.39 is 15.9 Å². The first-order valence-electron chi connectivity index (χ1n) is 14.4. The van der Waals surface area contributed by atoms with Crippen LogP contribution >= 0.6 is 11.8 Å². The number of carbonyl (C=O) groups is 2. The minimum atomic E-state index is -3.22. The number of amides is 2. The van der Waals surface area contributed by atoms with E-state index in [0.29, 0.717) is 48.5 Å². The molecular formula is C33H36N4O4S2. The number of rotatable bonds is 10. The number of allylic oxidation sites excluding steroid dienone is 1. The van der Waals surface area contributed by atoms with Gasteiger partial charge in [-0.3, -0.25) is 9.59 Å². The van der Waals surface area contributed by atoms with E-state index in [1.165, 1.54) is 11.8 Å². The second kappa shape index (κ2) is 13.2. The Labute approximate surface area is 256 Å². The van der Waals surface area contributed by atoms with Gasteiger partial charge in [0.2, 0.25) is 10.0 Å². The molecule has 1 fully saturated rings. The quantitative estimate of drug-likeness (QED) is 0.154. The maximum Gasteiger partial charge on any atom is 0.257 e. The third kappa shape index (κ3) is 6.87. The number of carbonyl (C=O) groups excluding carboxylic acids is 2. The number of benzene rings is 3. The highest BCUT2D eigenvalue weighted by atomic mass is 32.2. The van der Waals surface area contributed by atoms with Crippen molar-refractivity contribution in [1.82, 2.24) is 14.6 Å². The fraction of sp³-hybridized carbons (Fsp3) is 0.273. The van der Waals surface area contributed by atoms with Crippen LogP contribution in [0.4, 0.5) is 0 Å². The highest BCUT2D eigenvalue weighted by molar-refractivity contribution is 8.04. The van der Waals surface area contributed by atoms with Gasteiger partial charge in [-0.05, 0) is 85.2 Å². The molecule has 8 nitrogen and oxygen atoms in total. The molecule has 0 spiro atoms. The molecule has 4 N–H and O–H groups in total. The Kier molecular flexibility index (Phi) is 9.39. The SMILES string of the molecule is C/C=C(\Sc1ccccc1)C(=O)NCc1cccc(-c2cc(C(N)=O)c3[nH]cc(C4CCN(S(=O)(=O)CC)CC4)c3c2)c1. The molecule has 43 heavy (non-hydrogen) atoms. The number of piperidine rings is 1. The average molecular weight is 617 g/mol. The fourth-order valence-corrected chi connectivity index (χ4v) is 7.52. The smallest absolute Gasteiger partial charge is 0.257 e. The van der Waals surface area contributed by atoms with E-state index in [9.17, 15) is 18.0 Å². The third-order valence-corrected chi connectivity index (χ3v) is 10.9. The van der Waals surface area contributed by atoms with Crippen molar-refractivity contribution in [2.75, 3.05) is 18.8 Å². The van der Waals surface area contributed by atoms with Gasteiger partial charge < -0.3 is 16.0 Å². The summed E-state index contributed by atoms with van der Waals surface area (Å²) in [5, 5.41) is 3.93. The lowest BCUT2D eigenvalue weighted by molar-refractivity contribution is -0.117. The summed E-state index contributed by atoms with van der Waals surface area (Å²) in [4.78, 5) is 30.3. The molecule has 0 bridgehead atoms. The normalized spacial score (nSPS) is 15.1. The van der Waals surface area contributed by atoms with Crippen LogP contribution in [0.2, 0.25) is 0 Å². The lowest BCUT2D eigenvalue weighted by atomic mass is 9.88. The summed E-state index contributed by atoms with van der Waals surface area (Å²) in [7, 11) is -3.22. The number of H-pyrrole nitrogens is 1. The minimum Gasteiger partial charge on any atom is -0.366 e. The predicted molar refractivity (Wildman–Crippen MR) is 173 cm³/mol. The Bertz CT molecular complexity index is 1770. The van der Waals surface area contributed by atoms with Gasteiger partial charge in [0, 0.05) is 36.1 Å². The van der Waals surface area contributed by atoms with E-state index >= 15 is 0 Å². The zero-order valence-corrected chi connectivity index (χ0v) is 25.9. The zero-order valence-electron chi connectivity index (χ0n) is 24.3. The van der Waals surface area contributed by atoms with E-state index in [1.807, 2.05) is 73.8 Å². The van der Waals surface area contributed by atoms with Gasteiger partial charge in [-0.2, -0.15) is 0 Å². The number of fused-ring (bicyclic) bond motifs is 1. The number of sulfonamides is 1. The second-order valence-electron chi connectivity index (χ2n) is 10.6. The van der Waals surface area contributed by atoms with Gasteiger partial charge in [-0.25, -0.2) is 12.7 Å². The van der Waals surface area contributed by atoms with Crippen LogP contribution in [0.25, 0.3) is 22.0 Å². The number of primary amides is 1. The van der Waals surface area contributed by atoms with Crippen molar-refractivity contribution in [2.45, 2.75) is 44.0 Å². The third-order valence-electron chi connectivity index (χ3n) is 7.91. The van der Waals surface area contributed by atoms with Gasteiger partial charge in [0.15, 0.2) is 0 Å². The molecule has 0 radical (unpaired) electrons. The molecule has 0 atom stereocenters. The zero-order chi connectivity index (χ0) is 30.6. The minimum absolute atomic E-state index is 0.0992. The summed E-state index contributed by atoms with van der Waals surface area (Å²) >= 11 is 1.42. The van der Waals surface area contributed by atoms with Gasteiger partial charge in [-0.1, -0.05) is 54.2 Å². The van der Waals surface area contributed by atoms with Gasteiger partial charge in [-0.15, -0.1) is 0 Å². The maximum absolute atomic E-state index is 12.9. The summed E-state index contributed by atoms with van der Waals surface area (Å²) in [5.41, 5.74) is 10.6. The molecule has 3 aromatic carbocycles. The second-order valence-corrected chi connectivity index (χ2v) is 14.0. The van der Waals surface area contributed by atoms with Crippen molar-refractivity contribution in [2.24, 2.45) is 5.73 Å². The summed E-state index contributed by atoms with van der Waals surface area (Å²) in [6.45, 7) is 4.81. The van der Waals surface area contributed by atoms with Crippen molar-refractivity contribution in [3.05, 3.63) is 101 Å². The highest BCUT2D eigenvalue weighted by Crippen LogP contribution is 2.37. The molecule has 10 heteroatoms. The first-order valence-corrected chi connectivity index (χ1v) is 16.8. The Hall–Kier alpha value is -3.86. The standard InChI is InChI=1S/C33H36N4O4S2/c1-3-30(42-26-11-6-5-7-12-26)33(39)36-20-22-9-8-10-24(17-22)25-18-27-29(21-35-31(27)28(19-25)32(34)38)23-13-15-37(16-14-23)43(40,41)4-2/h3,5-12,17-19,21,23,35H,4,13-16,20H2,1-2H3,(H2,34,38)(H,36,39)/b30-3-. The first-order chi connectivity index (χ1) is 20.7. The molecule has 1 aromatic heterocycles. The molecule has 2 heterocycles. The number of nitrogens with two attached hydrogens (primary N) is 1. The van der Waals surface area contributed by atoms with Crippen molar-refractivity contribution in [3.63, 3.8) is 0 Å². The summed E-state index contributed by atoms with van der Waals surface area (Å²) in [6.07, 6.45) is 5.14.